The number of carbonyl (C=O) groups excluding carboxylic acids is 1. The average Bonchev–Trinajstić information content (AvgIpc) is 2.47. The molecule has 0 aliphatic carbocycles. The van der Waals surface area contributed by atoms with Gasteiger partial charge in [-0.05, 0) is 43.1 Å². The lowest BCUT2D eigenvalue weighted by Gasteiger charge is -2.27. The number of fused-ring (bicyclic) bond motifs is 1. The van der Waals surface area contributed by atoms with Crippen LogP contribution in [0, 0.1) is 0 Å². The second-order valence-corrected chi connectivity index (χ2v) is 5.64. The number of amides is 1. The summed E-state index contributed by atoms with van der Waals surface area (Å²) in [5.74, 6) is 0.176. The van der Waals surface area contributed by atoms with Gasteiger partial charge in [0.1, 0.15) is 0 Å². The summed E-state index contributed by atoms with van der Waals surface area (Å²) >= 11 is 0. The molecule has 2 rings (SSSR count). The molecule has 112 valence electrons. The van der Waals surface area contributed by atoms with Crippen molar-refractivity contribution >= 4 is 16.7 Å². The molecule has 0 bridgehead atoms. The minimum Gasteiger partial charge on any atom is -0.340 e. The van der Waals surface area contributed by atoms with E-state index in [4.69, 9.17) is 5.73 Å². The number of hydrogen-bond acceptors (Lipinski definition) is 2. The van der Waals surface area contributed by atoms with Crippen molar-refractivity contribution in [2.75, 3.05) is 13.1 Å². The zero-order valence-corrected chi connectivity index (χ0v) is 12.9. The van der Waals surface area contributed by atoms with Crippen molar-refractivity contribution in [1.82, 2.24) is 4.90 Å². The van der Waals surface area contributed by atoms with E-state index in [9.17, 15) is 4.79 Å². The molecule has 0 aromatic heterocycles. The standard InChI is InChI=1S/C18H24N2O/c1-14(2)20(12-6-11-19)18(21)13-16-9-5-8-15-7-3-4-10-17(15)16/h3-5,7-10,14H,6,11-13,19H2,1-2H3. The highest BCUT2D eigenvalue weighted by Gasteiger charge is 2.17. The molecule has 0 saturated carbocycles. The van der Waals surface area contributed by atoms with Gasteiger partial charge in [-0.3, -0.25) is 4.79 Å². The van der Waals surface area contributed by atoms with Crippen molar-refractivity contribution < 1.29 is 4.79 Å². The van der Waals surface area contributed by atoms with Crippen molar-refractivity contribution in [3.05, 3.63) is 48.0 Å². The van der Waals surface area contributed by atoms with E-state index in [1.165, 1.54) is 5.39 Å². The van der Waals surface area contributed by atoms with Crippen molar-refractivity contribution in [3.63, 3.8) is 0 Å². The summed E-state index contributed by atoms with van der Waals surface area (Å²) in [5.41, 5.74) is 6.66. The van der Waals surface area contributed by atoms with E-state index in [2.05, 4.69) is 32.0 Å². The topological polar surface area (TPSA) is 46.3 Å². The van der Waals surface area contributed by atoms with Crippen LogP contribution in [0.25, 0.3) is 10.8 Å². The summed E-state index contributed by atoms with van der Waals surface area (Å²) in [5, 5.41) is 2.34. The molecule has 0 saturated heterocycles. The molecule has 2 N–H and O–H groups in total. The van der Waals surface area contributed by atoms with Gasteiger partial charge in [0.05, 0.1) is 6.42 Å². The molecule has 0 radical (unpaired) electrons. The normalized spacial score (nSPS) is 11.0. The molecular formula is C18H24N2O. The molecule has 2 aromatic carbocycles. The van der Waals surface area contributed by atoms with Crippen LogP contribution in [0.3, 0.4) is 0 Å². The maximum Gasteiger partial charge on any atom is 0.227 e. The molecule has 21 heavy (non-hydrogen) atoms. The minimum atomic E-state index is 0.176. The average molecular weight is 284 g/mol. The fourth-order valence-electron chi connectivity index (χ4n) is 2.64. The maximum atomic E-state index is 12.6. The van der Waals surface area contributed by atoms with Crippen LogP contribution in [-0.4, -0.2) is 29.9 Å². The van der Waals surface area contributed by atoms with E-state index in [1.807, 2.05) is 29.2 Å². The molecule has 0 aliphatic heterocycles. The summed E-state index contributed by atoms with van der Waals surface area (Å²) in [4.78, 5) is 14.5. The van der Waals surface area contributed by atoms with Gasteiger partial charge in [0.15, 0.2) is 0 Å². The summed E-state index contributed by atoms with van der Waals surface area (Å²) in [6.07, 6.45) is 1.30. The van der Waals surface area contributed by atoms with Gasteiger partial charge in [0, 0.05) is 12.6 Å². The molecule has 2 aromatic rings. The van der Waals surface area contributed by atoms with Gasteiger partial charge in [-0.2, -0.15) is 0 Å². The molecule has 0 unspecified atom stereocenters. The van der Waals surface area contributed by atoms with Crippen LogP contribution in [0.2, 0.25) is 0 Å². The Morgan fingerprint density at radius 1 is 1.14 bits per heavy atom. The first-order valence-electron chi connectivity index (χ1n) is 7.59. The monoisotopic (exact) mass is 284 g/mol. The minimum absolute atomic E-state index is 0.176. The predicted molar refractivity (Wildman–Crippen MR) is 88.2 cm³/mol. The second-order valence-electron chi connectivity index (χ2n) is 5.64. The first kappa shape index (κ1) is 15.5. The Hall–Kier alpha value is -1.87. The molecule has 3 heteroatoms. The molecule has 0 atom stereocenters. The van der Waals surface area contributed by atoms with Crippen molar-refractivity contribution in [2.24, 2.45) is 5.73 Å². The van der Waals surface area contributed by atoms with Gasteiger partial charge in [-0.15, -0.1) is 0 Å². The van der Waals surface area contributed by atoms with Crippen LogP contribution < -0.4 is 5.73 Å². The van der Waals surface area contributed by atoms with Crippen LogP contribution in [0.15, 0.2) is 42.5 Å². The summed E-state index contributed by atoms with van der Waals surface area (Å²) < 4.78 is 0. The third-order valence-electron chi connectivity index (χ3n) is 3.77. The van der Waals surface area contributed by atoms with Gasteiger partial charge in [0.25, 0.3) is 0 Å². The molecule has 1 amide bonds. The van der Waals surface area contributed by atoms with Gasteiger partial charge < -0.3 is 10.6 Å². The van der Waals surface area contributed by atoms with Crippen molar-refractivity contribution in [2.45, 2.75) is 32.7 Å². The van der Waals surface area contributed by atoms with E-state index in [1.54, 1.807) is 0 Å². The highest BCUT2D eigenvalue weighted by atomic mass is 16.2. The van der Waals surface area contributed by atoms with Crippen molar-refractivity contribution in [3.8, 4) is 0 Å². The predicted octanol–water partition coefficient (Wildman–Crippen LogP) is 2.97. The summed E-state index contributed by atoms with van der Waals surface area (Å²) in [6.45, 7) is 5.46. The molecule has 0 spiro atoms. The van der Waals surface area contributed by atoms with E-state index < -0.39 is 0 Å². The van der Waals surface area contributed by atoms with E-state index >= 15 is 0 Å². The highest BCUT2D eigenvalue weighted by molar-refractivity contribution is 5.90. The van der Waals surface area contributed by atoms with E-state index in [-0.39, 0.29) is 11.9 Å². The molecule has 0 fully saturated rings. The molecular weight excluding hydrogens is 260 g/mol. The Labute approximate surface area is 126 Å². The molecule has 0 heterocycles. The fraction of sp³-hybridized carbons (Fsp3) is 0.389. The number of rotatable bonds is 6. The lowest BCUT2D eigenvalue weighted by Crippen LogP contribution is -2.39. The number of carbonyl (C=O) groups is 1. The number of hydrogen-bond donors (Lipinski definition) is 1. The lowest BCUT2D eigenvalue weighted by molar-refractivity contribution is -0.132. The smallest absolute Gasteiger partial charge is 0.227 e. The van der Waals surface area contributed by atoms with Crippen LogP contribution in [0.4, 0.5) is 0 Å². The zero-order chi connectivity index (χ0) is 15.2. The molecule has 0 aliphatic rings. The largest absolute Gasteiger partial charge is 0.340 e. The maximum absolute atomic E-state index is 12.6. The number of nitrogens with zero attached hydrogens (tertiary/aromatic N) is 1. The Kier molecular flexibility index (Phi) is 5.34. The molecule has 3 nitrogen and oxygen atoms in total. The van der Waals surface area contributed by atoms with E-state index in [0.717, 1.165) is 23.9 Å². The Bertz CT molecular complexity index is 602. The van der Waals surface area contributed by atoms with Crippen molar-refractivity contribution in [1.29, 1.82) is 0 Å². The Morgan fingerprint density at radius 3 is 2.57 bits per heavy atom. The fourth-order valence-corrected chi connectivity index (χ4v) is 2.64. The van der Waals surface area contributed by atoms with Gasteiger partial charge in [-0.1, -0.05) is 42.5 Å². The SMILES string of the molecule is CC(C)N(CCCN)C(=O)Cc1cccc2ccccc12. The second kappa shape index (κ2) is 7.23. The summed E-state index contributed by atoms with van der Waals surface area (Å²) in [6, 6.07) is 14.6. The van der Waals surface area contributed by atoms with Crippen LogP contribution in [-0.2, 0) is 11.2 Å². The third kappa shape index (κ3) is 3.82. The van der Waals surface area contributed by atoms with Gasteiger partial charge >= 0.3 is 0 Å². The highest BCUT2D eigenvalue weighted by Crippen LogP contribution is 2.19. The third-order valence-corrected chi connectivity index (χ3v) is 3.77. The number of benzene rings is 2. The first-order chi connectivity index (χ1) is 10.1. The first-order valence-corrected chi connectivity index (χ1v) is 7.59. The van der Waals surface area contributed by atoms with Gasteiger partial charge in [-0.25, -0.2) is 0 Å². The zero-order valence-electron chi connectivity index (χ0n) is 12.9. The Morgan fingerprint density at radius 2 is 1.86 bits per heavy atom. The van der Waals surface area contributed by atoms with E-state index in [0.29, 0.717) is 13.0 Å². The van der Waals surface area contributed by atoms with Gasteiger partial charge in [0.2, 0.25) is 5.91 Å². The van der Waals surface area contributed by atoms with Crippen LogP contribution in [0.1, 0.15) is 25.8 Å². The quantitative estimate of drug-likeness (QED) is 0.886. The Balaban J connectivity index is 2.20. The van der Waals surface area contributed by atoms with Crippen LogP contribution >= 0.6 is 0 Å². The number of nitrogens with two attached hydrogens (primary N) is 1. The lowest BCUT2D eigenvalue weighted by atomic mass is 10.0. The summed E-state index contributed by atoms with van der Waals surface area (Å²) in [7, 11) is 0. The van der Waals surface area contributed by atoms with Crippen LogP contribution in [0.5, 0.6) is 0 Å².